The van der Waals surface area contributed by atoms with E-state index < -0.39 is 21.8 Å². The molecule has 2 rings (SSSR count). The van der Waals surface area contributed by atoms with Gasteiger partial charge in [0.15, 0.2) is 0 Å². The van der Waals surface area contributed by atoms with Crippen molar-refractivity contribution in [3.05, 3.63) is 29.8 Å². The second-order valence-corrected chi connectivity index (χ2v) is 6.07. The van der Waals surface area contributed by atoms with Crippen molar-refractivity contribution in [2.45, 2.75) is 30.4 Å². The Morgan fingerprint density at radius 2 is 2.00 bits per heavy atom. The van der Waals surface area contributed by atoms with Crippen LogP contribution in [0.1, 0.15) is 18.4 Å². The Labute approximate surface area is 111 Å². The number of hydrogen-bond acceptors (Lipinski definition) is 6. The molecular formula is C12H15NO5S. The molecule has 1 aromatic carbocycles. The van der Waals surface area contributed by atoms with Crippen LogP contribution in [0.15, 0.2) is 29.2 Å². The Bertz CT molecular complexity index is 573. The maximum atomic E-state index is 11.9. The molecule has 7 heteroatoms. The van der Waals surface area contributed by atoms with Crippen molar-refractivity contribution in [1.82, 2.24) is 5.32 Å². The van der Waals surface area contributed by atoms with Gasteiger partial charge in [0, 0.05) is 6.42 Å². The highest BCUT2D eigenvalue weighted by Gasteiger charge is 2.42. The molecule has 19 heavy (non-hydrogen) atoms. The third-order valence-corrected chi connectivity index (χ3v) is 4.19. The average molecular weight is 285 g/mol. The van der Waals surface area contributed by atoms with E-state index in [0.29, 0.717) is 13.0 Å². The highest BCUT2D eigenvalue weighted by Crippen LogP contribution is 2.21. The Morgan fingerprint density at radius 1 is 1.37 bits per heavy atom. The Balaban J connectivity index is 2.17. The zero-order valence-electron chi connectivity index (χ0n) is 10.4. The summed E-state index contributed by atoms with van der Waals surface area (Å²) in [7, 11) is -4.20. The summed E-state index contributed by atoms with van der Waals surface area (Å²) < 4.78 is 28.2. The first kappa shape index (κ1) is 14.0. The van der Waals surface area contributed by atoms with E-state index in [1.54, 1.807) is 12.1 Å². The first-order valence-electron chi connectivity index (χ1n) is 5.86. The predicted molar refractivity (Wildman–Crippen MR) is 66.6 cm³/mol. The zero-order chi connectivity index (χ0) is 14.1. The second kappa shape index (κ2) is 4.92. The Hall–Kier alpha value is -1.44. The quantitative estimate of drug-likeness (QED) is 0.776. The molecule has 1 aromatic rings. The van der Waals surface area contributed by atoms with Crippen LogP contribution in [0.2, 0.25) is 0 Å². The maximum Gasteiger partial charge on any atom is 0.369 e. The largest absolute Gasteiger partial charge is 0.369 e. The third kappa shape index (κ3) is 2.94. The minimum Gasteiger partial charge on any atom is -0.366 e. The van der Waals surface area contributed by atoms with Gasteiger partial charge in [-0.05, 0) is 32.0 Å². The van der Waals surface area contributed by atoms with Gasteiger partial charge in [-0.2, -0.15) is 8.42 Å². The summed E-state index contributed by atoms with van der Waals surface area (Å²) in [5.74, 6) is -1.19. The SMILES string of the molecule is Cc1ccc(S(=O)(=O)OC(=O)[C@@]2(O)CCCN2)cc1. The van der Waals surface area contributed by atoms with Crippen molar-refractivity contribution in [1.29, 1.82) is 0 Å². The number of carbonyl (C=O) groups excluding carboxylic acids is 1. The highest BCUT2D eigenvalue weighted by molar-refractivity contribution is 7.87. The molecule has 0 spiro atoms. The normalized spacial score (nSPS) is 23.3. The lowest BCUT2D eigenvalue weighted by Gasteiger charge is -2.19. The van der Waals surface area contributed by atoms with Crippen molar-refractivity contribution in [2.75, 3.05) is 6.54 Å². The van der Waals surface area contributed by atoms with Crippen LogP contribution in [-0.2, 0) is 19.1 Å². The zero-order valence-corrected chi connectivity index (χ0v) is 11.2. The number of carbonyl (C=O) groups is 1. The van der Waals surface area contributed by atoms with Gasteiger partial charge < -0.3 is 9.29 Å². The van der Waals surface area contributed by atoms with Gasteiger partial charge >= 0.3 is 16.1 Å². The smallest absolute Gasteiger partial charge is 0.366 e. The molecule has 1 aliphatic heterocycles. The summed E-state index contributed by atoms with van der Waals surface area (Å²) in [5, 5.41) is 12.4. The van der Waals surface area contributed by atoms with Crippen LogP contribution < -0.4 is 5.32 Å². The molecular weight excluding hydrogens is 270 g/mol. The monoisotopic (exact) mass is 285 g/mol. The van der Waals surface area contributed by atoms with Gasteiger partial charge in [-0.3, -0.25) is 5.32 Å². The van der Waals surface area contributed by atoms with Gasteiger partial charge in [-0.25, -0.2) is 4.79 Å². The molecule has 0 aliphatic carbocycles. The lowest BCUT2D eigenvalue weighted by molar-refractivity contribution is -0.156. The van der Waals surface area contributed by atoms with E-state index in [0.717, 1.165) is 5.56 Å². The summed E-state index contributed by atoms with van der Waals surface area (Å²) >= 11 is 0. The molecule has 1 saturated heterocycles. The Morgan fingerprint density at radius 3 is 2.53 bits per heavy atom. The number of aryl methyl sites for hydroxylation is 1. The molecule has 0 amide bonds. The van der Waals surface area contributed by atoms with Gasteiger partial charge in [-0.15, -0.1) is 0 Å². The van der Waals surface area contributed by atoms with Crippen molar-refractivity contribution in [2.24, 2.45) is 0 Å². The standard InChI is InChI=1S/C12H15NO5S/c1-9-3-5-10(6-4-9)19(16,17)18-11(14)12(15)7-2-8-13-12/h3-6,13,15H,2,7-8H2,1H3/t12-/m0/s1. The first-order chi connectivity index (χ1) is 8.83. The molecule has 1 aliphatic rings. The molecule has 0 radical (unpaired) electrons. The van der Waals surface area contributed by atoms with E-state index in [4.69, 9.17) is 0 Å². The van der Waals surface area contributed by atoms with E-state index >= 15 is 0 Å². The predicted octanol–water partition coefficient (Wildman–Crippen LogP) is 0.299. The van der Waals surface area contributed by atoms with Gasteiger partial charge in [0.05, 0.1) is 0 Å². The molecule has 104 valence electrons. The van der Waals surface area contributed by atoms with E-state index in [-0.39, 0.29) is 11.3 Å². The molecule has 1 atom stereocenters. The second-order valence-electron chi connectivity index (χ2n) is 4.53. The number of hydrogen-bond donors (Lipinski definition) is 2. The van der Waals surface area contributed by atoms with Crippen molar-refractivity contribution in [3.8, 4) is 0 Å². The van der Waals surface area contributed by atoms with Crippen LogP contribution in [0.3, 0.4) is 0 Å². The Kier molecular flexibility index (Phi) is 3.62. The van der Waals surface area contributed by atoms with Crippen LogP contribution in [0.25, 0.3) is 0 Å². The summed E-state index contributed by atoms with van der Waals surface area (Å²) in [5.41, 5.74) is -1.01. The van der Waals surface area contributed by atoms with Crippen molar-refractivity contribution < 1.29 is 22.5 Å². The highest BCUT2D eigenvalue weighted by atomic mass is 32.2. The van der Waals surface area contributed by atoms with Crippen molar-refractivity contribution >= 4 is 16.1 Å². The summed E-state index contributed by atoms with van der Waals surface area (Å²) in [4.78, 5) is 11.6. The fraction of sp³-hybridized carbons (Fsp3) is 0.417. The number of benzene rings is 1. The molecule has 0 unspecified atom stereocenters. The fourth-order valence-electron chi connectivity index (χ4n) is 1.82. The van der Waals surface area contributed by atoms with Crippen LogP contribution in [0.4, 0.5) is 0 Å². The van der Waals surface area contributed by atoms with Gasteiger partial charge in [0.2, 0.25) is 5.72 Å². The average Bonchev–Trinajstić information content (AvgIpc) is 2.77. The number of aliphatic hydroxyl groups is 1. The fourth-order valence-corrected chi connectivity index (χ4v) is 2.73. The molecule has 6 nitrogen and oxygen atoms in total. The van der Waals surface area contributed by atoms with Gasteiger partial charge in [-0.1, -0.05) is 17.7 Å². The minimum absolute atomic E-state index is 0.118. The summed E-state index contributed by atoms with van der Waals surface area (Å²) in [6, 6.07) is 5.90. The molecule has 1 heterocycles. The van der Waals surface area contributed by atoms with Gasteiger partial charge in [0.1, 0.15) is 4.90 Å². The van der Waals surface area contributed by atoms with E-state index in [9.17, 15) is 18.3 Å². The lowest BCUT2D eigenvalue weighted by Crippen LogP contribution is -2.49. The summed E-state index contributed by atoms with van der Waals surface area (Å²) in [6.45, 7) is 2.25. The van der Waals surface area contributed by atoms with E-state index in [1.165, 1.54) is 12.1 Å². The third-order valence-electron chi connectivity index (χ3n) is 2.97. The molecule has 0 saturated carbocycles. The molecule has 1 fully saturated rings. The maximum absolute atomic E-state index is 11.9. The van der Waals surface area contributed by atoms with E-state index in [1.807, 2.05) is 6.92 Å². The van der Waals surface area contributed by atoms with E-state index in [2.05, 4.69) is 9.50 Å². The molecule has 2 N–H and O–H groups in total. The van der Waals surface area contributed by atoms with Crippen LogP contribution >= 0.6 is 0 Å². The van der Waals surface area contributed by atoms with Crippen LogP contribution in [0, 0.1) is 6.92 Å². The molecule has 0 aromatic heterocycles. The first-order valence-corrected chi connectivity index (χ1v) is 7.27. The topological polar surface area (TPSA) is 92.7 Å². The van der Waals surface area contributed by atoms with Crippen molar-refractivity contribution in [3.63, 3.8) is 0 Å². The van der Waals surface area contributed by atoms with Gasteiger partial charge in [0.25, 0.3) is 0 Å². The number of rotatable bonds is 3. The van der Waals surface area contributed by atoms with Crippen LogP contribution in [-0.4, -0.2) is 31.8 Å². The lowest BCUT2D eigenvalue weighted by atomic mass is 10.2. The molecule has 0 bridgehead atoms. The van der Waals surface area contributed by atoms with Crippen LogP contribution in [0.5, 0.6) is 0 Å². The summed E-state index contributed by atoms with van der Waals surface area (Å²) in [6.07, 6.45) is 0.714. The number of nitrogens with one attached hydrogen (secondary N) is 1. The minimum atomic E-state index is -4.20.